The van der Waals surface area contributed by atoms with Gasteiger partial charge in [-0.2, -0.15) is 0 Å². The van der Waals surface area contributed by atoms with Gasteiger partial charge in [-0.3, -0.25) is 9.80 Å². The number of aliphatic hydroxyl groups is 1. The van der Waals surface area contributed by atoms with Crippen LogP contribution >= 0.6 is 11.3 Å². The van der Waals surface area contributed by atoms with Crippen LogP contribution in [0.1, 0.15) is 34.9 Å². The zero-order valence-corrected chi connectivity index (χ0v) is 16.0. The molecule has 0 amide bonds. The summed E-state index contributed by atoms with van der Waals surface area (Å²) in [5.41, 5.74) is 2.66. The van der Waals surface area contributed by atoms with E-state index in [2.05, 4.69) is 45.5 Å². The molecule has 0 saturated carbocycles. The molecule has 2 atom stereocenters. The topological polar surface area (TPSA) is 35.9 Å². The van der Waals surface area contributed by atoms with Gasteiger partial charge in [0, 0.05) is 24.5 Å². The highest BCUT2D eigenvalue weighted by molar-refractivity contribution is 7.10. The van der Waals surface area contributed by atoms with E-state index in [-0.39, 0.29) is 18.8 Å². The first-order valence-corrected chi connectivity index (χ1v) is 10.5. The van der Waals surface area contributed by atoms with Gasteiger partial charge in [-0.15, -0.1) is 11.3 Å². The third kappa shape index (κ3) is 4.18. The first kappa shape index (κ1) is 18.1. The lowest BCUT2D eigenvalue weighted by molar-refractivity contribution is -0.0957. The van der Waals surface area contributed by atoms with Crippen LogP contribution in [0.2, 0.25) is 0 Å². The van der Waals surface area contributed by atoms with Crippen molar-refractivity contribution in [2.45, 2.75) is 38.1 Å². The van der Waals surface area contributed by atoms with Gasteiger partial charge in [0.2, 0.25) is 0 Å². The third-order valence-corrected chi connectivity index (χ3v) is 6.42. The summed E-state index contributed by atoms with van der Waals surface area (Å²) in [6, 6.07) is 12.9. The lowest BCUT2D eigenvalue weighted by Gasteiger charge is -2.40. The molecule has 2 aliphatic heterocycles. The maximum Gasteiger partial charge on any atom is 0.100 e. The number of morpholine rings is 1. The average molecular weight is 373 g/mol. The molecular weight excluding hydrogens is 344 g/mol. The molecule has 140 valence electrons. The Morgan fingerprint density at radius 3 is 2.65 bits per heavy atom. The van der Waals surface area contributed by atoms with E-state index in [1.165, 1.54) is 41.9 Å². The molecule has 4 nitrogen and oxygen atoms in total. The van der Waals surface area contributed by atoms with Gasteiger partial charge in [0.1, 0.15) is 6.10 Å². The minimum atomic E-state index is -0.157. The van der Waals surface area contributed by atoms with Crippen molar-refractivity contribution in [1.82, 2.24) is 9.80 Å². The highest BCUT2D eigenvalue weighted by Crippen LogP contribution is 2.32. The fraction of sp³-hybridized carbons (Fsp3) is 0.524. The van der Waals surface area contributed by atoms with Crippen molar-refractivity contribution < 1.29 is 9.84 Å². The Morgan fingerprint density at radius 2 is 1.88 bits per heavy atom. The summed E-state index contributed by atoms with van der Waals surface area (Å²) < 4.78 is 5.86. The molecule has 0 spiro atoms. The highest BCUT2D eigenvalue weighted by Gasteiger charge is 2.33. The van der Waals surface area contributed by atoms with E-state index >= 15 is 0 Å². The third-order valence-electron chi connectivity index (χ3n) is 5.45. The van der Waals surface area contributed by atoms with Gasteiger partial charge in [-0.05, 0) is 48.5 Å². The normalized spacial score (nSPS) is 25.0. The molecule has 1 N–H and O–H groups in total. The summed E-state index contributed by atoms with van der Waals surface area (Å²) in [4.78, 5) is 6.42. The van der Waals surface area contributed by atoms with Crippen LogP contribution in [0.5, 0.6) is 0 Å². The standard InChI is InChI=1S/C21H28N2O2S/c24-15-20-21(18-6-2-1-3-7-18)23(10-11-25-20)14-19-12-17(16-26-19)13-22-8-4-5-9-22/h1-3,6-7,12,16,20-21,24H,4-5,8-11,13-15H2/t20-,21-/m1/s1. The minimum Gasteiger partial charge on any atom is -0.394 e. The lowest BCUT2D eigenvalue weighted by Crippen LogP contribution is -2.46. The number of thiophene rings is 1. The fourth-order valence-electron chi connectivity index (χ4n) is 4.18. The molecule has 0 unspecified atom stereocenters. The molecule has 2 fully saturated rings. The number of rotatable bonds is 6. The second-order valence-corrected chi connectivity index (χ2v) is 8.32. The first-order chi connectivity index (χ1) is 12.8. The Labute approximate surface area is 160 Å². The second-order valence-electron chi connectivity index (χ2n) is 7.32. The molecule has 2 aliphatic rings. The molecule has 4 rings (SSSR count). The zero-order valence-electron chi connectivity index (χ0n) is 15.2. The molecule has 0 aliphatic carbocycles. The van der Waals surface area contributed by atoms with E-state index in [1.54, 1.807) is 0 Å². The number of ether oxygens (including phenoxy) is 1. The molecule has 0 bridgehead atoms. The summed E-state index contributed by atoms with van der Waals surface area (Å²) in [5.74, 6) is 0. The van der Waals surface area contributed by atoms with Crippen molar-refractivity contribution >= 4 is 11.3 Å². The Bertz CT molecular complexity index is 684. The largest absolute Gasteiger partial charge is 0.394 e. The van der Waals surface area contributed by atoms with Crippen molar-refractivity contribution in [3.05, 3.63) is 57.8 Å². The molecule has 1 aromatic carbocycles. The van der Waals surface area contributed by atoms with Crippen LogP contribution in [0.15, 0.2) is 41.8 Å². The predicted molar refractivity (Wildman–Crippen MR) is 105 cm³/mol. The van der Waals surface area contributed by atoms with Crippen LogP contribution in [0.4, 0.5) is 0 Å². The summed E-state index contributed by atoms with van der Waals surface area (Å²) in [5, 5.41) is 12.1. The quantitative estimate of drug-likeness (QED) is 0.844. The highest BCUT2D eigenvalue weighted by atomic mass is 32.1. The van der Waals surface area contributed by atoms with Crippen molar-refractivity contribution in [2.24, 2.45) is 0 Å². The van der Waals surface area contributed by atoms with Crippen LogP contribution in [0.3, 0.4) is 0 Å². The van der Waals surface area contributed by atoms with Gasteiger partial charge in [0.05, 0.1) is 19.3 Å². The Kier molecular flexibility index (Phi) is 6.02. The number of hydrogen-bond donors (Lipinski definition) is 1. The van der Waals surface area contributed by atoms with Crippen molar-refractivity contribution in [2.75, 3.05) is 32.8 Å². The molecule has 0 radical (unpaired) electrons. The van der Waals surface area contributed by atoms with Crippen LogP contribution in [-0.4, -0.2) is 53.9 Å². The smallest absolute Gasteiger partial charge is 0.100 e. The SMILES string of the molecule is OC[C@H]1OCCN(Cc2cc(CN3CCCC3)cs2)[C@@H]1c1ccccc1. The van der Waals surface area contributed by atoms with Crippen molar-refractivity contribution in [3.63, 3.8) is 0 Å². The van der Waals surface area contributed by atoms with Crippen LogP contribution < -0.4 is 0 Å². The van der Waals surface area contributed by atoms with Crippen molar-refractivity contribution in [3.8, 4) is 0 Å². The van der Waals surface area contributed by atoms with E-state index < -0.39 is 0 Å². The zero-order chi connectivity index (χ0) is 17.8. The molecule has 3 heterocycles. The number of benzene rings is 1. The van der Waals surface area contributed by atoms with Crippen LogP contribution in [-0.2, 0) is 17.8 Å². The maximum absolute atomic E-state index is 9.82. The van der Waals surface area contributed by atoms with Crippen LogP contribution in [0.25, 0.3) is 0 Å². The number of likely N-dealkylation sites (tertiary alicyclic amines) is 1. The van der Waals surface area contributed by atoms with Gasteiger partial charge >= 0.3 is 0 Å². The molecule has 1 aromatic heterocycles. The Balaban J connectivity index is 1.47. The summed E-state index contributed by atoms with van der Waals surface area (Å²) in [6.07, 6.45) is 2.52. The molecule has 2 saturated heterocycles. The maximum atomic E-state index is 9.82. The fourth-order valence-corrected chi connectivity index (χ4v) is 5.09. The Morgan fingerprint density at radius 1 is 1.08 bits per heavy atom. The van der Waals surface area contributed by atoms with Gasteiger partial charge in [0.25, 0.3) is 0 Å². The van der Waals surface area contributed by atoms with E-state index in [9.17, 15) is 5.11 Å². The second kappa shape index (κ2) is 8.63. The van der Waals surface area contributed by atoms with E-state index in [4.69, 9.17) is 4.74 Å². The molecule has 26 heavy (non-hydrogen) atoms. The summed E-state index contributed by atoms with van der Waals surface area (Å²) in [7, 11) is 0. The minimum absolute atomic E-state index is 0.0563. The van der Waals surface area contributed by atoms with Crippen LogP contribution in [0, 0.1) is 0 Å². The monoisotopic (exact) mass is 372 g/mol. The van der Waals surface area contributed by atoms with E-state index in [1.807, 2.05) is 17.4 Å². The van der Waals surface area contributed by atoms with E-state index in [0.29, 0.717) is 6.61 Å². The summed E-state index contributed by atoms with van der Waals surface area (Å²) >= 11 is 1.86. The Hall–Kier alpha value is -1.24. The lowest BCUT2D eigenvalue weighted by atomic mass is 9.98. The number of nitrogens with zero attached hydrogens (tertiary/aromatic N) is 2. The predicted octanol–water partition coefficient (Wildman–Crippen LogP) is 3.28. The summed E-state index contributed by atoms with van der Waals surface area (Å²) in [6.45, 7) is 6.12. The first-order valence-electron chi connectivity index (χ1n) is 9.63. The molecule has 2 aromatic rings. The molecule has 5 heteroatoms. The van der Waals surface area contributed by atoms with Gasteiger partial charge < -0.3 is 9.84 Å². The average Bonchev–Trinajstić information content (AvgIpc) is 3.35. The van der Waals surface area contributed by atoms with Gasteiger partial charge in [-0.25, -0.2) is 0 Å². The van der Waals surface area contributed by atoms with Crippen molar-refractivity contribution in [1.29, 1.82) is 0 Å². The molecular formula is C21H28N2O2S. The number of hydrogen-bond acceptors (Lipinski definition) is 5. The van der Waals surface area contributed by atoms with Gasteiger partial charge in [0.15, 0.2) is 0 Å². The van der Waals surface area contributed by atoms with Gasteiger partial charge in [-0.1, -0.05) is 30.3 Å². The van der Waals surface area contributed by atoms with E-state index in [0.717, 1.165) is 19.6 Å². The number of aliphatic hydroxyl groups excluding tert-OH is 1.